The Morgan fingerprint density at radius 1 is 1.06 bits per heavy atom. The molecule has 1 aromatic heterocycles. The Kier molecular flexibility index (Phi) is 2.61. The molecule has 0 amide bonds. The number of carbonyl (C=O) groups is 1. The van der Waals surface area contributed by atoms with Crippen LogP contribution in [0.15, 0.2) is 53.8 Å². The normalized spacial score (nSPS) is 14.2. The Balaban J connectivity index is 2.04. The largest absolute Gasteiger partial charge is 0.339 e. The summed E-state index contributed by atoms with van der Waals surface area (Å²) in [6.45, 7) is 0.168. The Morgan fingerprint density at radius 2 is 1.83 bits per heavy atom. The fourth-order valence-electron chi connectivity index (χ4n) is 1.91. The number of ketones is 1. The third kappa shape index (κ3) is 1.88. The summed E-state index contributed by atoms with van der Waals surface area (Å²) in [5.41, 5.74) is 2.41. The molecular weight excluding hydrogens is 226 g/mol. The Labute approximate surface area is 104 Å². The molecule has 0 saturated heterocycles. The highest BCUT2D eigenvalue weighted by atomic mass is 16.1. The number of aromatic nitrogens is 1. The summed E-state index contributed by atoms with van der Waals surface area (Å²) in [5.74, 6) is 0.734. The molecule has 1 aliphatic rings. The highest BCUT2D eigenvalue weighted by Gasteiger charge is 2.16. The number of anilines is 1. The van der Waals surface area contributed by atoms with Crippen molar-refractivity contribution in [1.82, 2.24) is 4.98 Å². The van der Waals surface area contributed by atoms with Crippen LogP contribution in [0.3, 0.4) is 0 Å². The molecule has 0 fully saturated rings. The molecule has 1 aromatic carbocycles. The second-order valence-electron chi connectivity index (χ2n) is 3.99. The minimum Gasteiger partial charge on any atom is -0.339 e. The number of para-hydroxylation sites is 1. The van der Waals surface area contributed by atoms with Crippen LogP contribution in [-0.4, -0.2) is 23.1 Å². The van der Waals surface area contributed by atoms with Gasteiger partial charge in [-0.25, -0.2) is 0 Å². The van der Waals surface area contributed by atoms with E-state index in [0.29, 0.717) is 11.4 Å². The average molecular weight is 237 g/mol. The van der Waals surface area contributed by atoms with Crippen LogP contribution < -0.4 is 5.32 Å². The summed E-state index contributed by atoms with van der Waals surface area (Å²) in [6.07, 6.45) is 3.41. The maximum atomic E-state index is 11.9. The lowest BCUT2D eigenvalue weighted by atomic mass is 10.1. The third-order valence-corrected chi connectivity index (χ3v) is 2.82. The second kappa shape index (κ2) is 4.41. The van der Waals surface area contributed by atoms with E-state index in [4.69, 9.17) is 0 Å². The van der Waals surface area contributed by atoms with Crippen LogP contribution in [0.2, 0.25) is 0 Å². The van der Waals surface area contributed by atoms with Gasteiger partial charge in [-0.1, -0.05) is 12.1 Å². The summed E-state index contributed by atoms with van der Waals surface area (Å²) in [5, 5.41) is 3.21. The number of fused-ring (bicyclic) bond motifs is 1. The number of rotatable bonds is 1. The lowest BCUT2D eigenvalue weighted by molar-refractivity contribution is 0.100. The predicted octanol–water partition coefficient (Wildman–Crippen LogP) is 2.14. The maximum absolute atomic E-state index is 11.9. The number of carbonyl (C=O) groups excluding carboxylic acids is 1. The molecule has 0 radical (unpaired) electrons. The van der Waals surface area contributed by atoms with Gasteiger partial charge in [-0.15, -0.1) is 0 Å². The average Bonchev–Trinajstić information content (AvgIpc) is 2.60. The first-order valence-electron chi connectivity index (χ1n) is 5.69. The van der Waals surface area contributed by atoms with Crippen LogP contribution >= 0.6 is 0 Å². The van der Waals surface area contributed by atoms with E-state index in [9.17, 15) is 4.79 Å². The smallest absolute Gasteiger partial charge is 0.186 e. The maximum Gasteiger partial charge on any atom is 0.186 e. The van der Waals surface area contributed by atoms with E-state index in [1.54, 1.807) is 12.4 Å². The van der Waals surface area contributed by atoms with Crippen molar-refractivity contribution in [3.05, 3.63) is 59.9 Å². The van der Waals surface area contributed by atoms with E-state index < -0.39 is 0 Å². The van der Waals surface area contributed by atoms with Crippen molar-refractivity contribution in [3.8, 4) is 0 Å². The van der Waals surface area contributed by atoms with Gasteiger partial charge in [0.2, 0.25) is 0 Å². The monoisotopic (exact) mass is 237 g/mol. The topological polar surface area (TPSA) is 54.4 Å². The Morgan fingerprint density at radius 3 is 2.67 bits per heavy atom. The van der Waals surface area contributed by atoms with E-state index >= 15 is 0 Å². The zero-order valence-corrected chi connectivity index (χ0v) is 9.63. The summed E-state index contributed by atoms with van der Waals surface area (Å²) in [6, 6.07) is 11.2. The van der Waals surface area contributed by atoms with Crippen molar-refractivity contribution in [3.63, 3.8) is 0 Å². The molecule has 1 aliphatic heterocycles. The number of nitrogens with zero attached hydrogens (tertiary/aromatic N) is 2. The van der Waals surface area contributed by atoms with Gasteiger partial charge in [-0.2, -0.15) is 0 Å². The van der Waals surface area contributed by atoms with Gasteiger partial charge in [0.1, 0.15) is 12.4 Å². The lowest BCUT2D eigenvalue weighted by Crippen LogP contribution is -2.13. The molecular formula is C14H11N3O. The first kappa shape index (κ1) is 10.7. The fourth-order valence-corrected chi connectivity index (χ4v) is 1.91. The Bertz CT molecular complexity index is 620. The van der Waals surface area contributed by atoms with Crippen LogP contribution in [0.25, 0.3) is 0 Å². The van der Waals surface area contributed by atoms with Crippen molar-refractivity contribution < 1.29 is 4.79 Å². The molecule has 4 nitrogen and oxygen atoms in total. The minimum absolute atomic E-state index is 0.0298. The molecule has 3 rings (SSSR count). The summed E-state index contributed by atoms with van der Waals surface area (Å²) >= 11 is 0. The van der Waals surface area contributed by atoms with Gasteiger partial charge in [0.15, 0.2) is 5.78 Å². The molecule has 0 unspecified atom stereocenters. The van der Waals surface area contributed by atoms with Crippen LogP contribution in [-0.2, 0) is 0 Å². The van der Waals surface area contributed by atoms with Crippen molar-refractivity contribution in [2.24, 2.45) is 4.99 Å². The molecule has 0 bridgehead atoms. The SMILES string of the molecule is O=C1CN=C(c2ccncc2)Nc2ccccc21. The molecule has 88 valence electrons. The first-order valence-corrected chi connectivity index (χ1v) is 5.69. The third-order valence-electron chi connectivity index (χ3n) is 2.82. The number of amidine groups is 1. The number of nitrogens with one attached hydrogen (secondary N) is 1. The molecule has 0 aliphatic carbocycles. The van der Waals surface area contributed by atoms with Gasteiger partial charge < -0.3 is 5.32 Å². The van der Waals surface area contributed by atoms with Gasteiger partial charge in [-0.3, -0.25) is 14.8 Å². The molecule has 1 N–H and O–H groups in total. The zero-order valence-electron chi connectivity index (χ0n) is 9.63. The van der Waals surface area contributed by atoms with Crippen molar-refractivity contribution in [2.45, 2.75) is 0 Å². The van der Waals surface area contributed by atoms with Gasteiger partial charge in [0, 0.05) is 23.5 Å². The number of hydrogen-bond acceptors (Lipinski definition) is 4. The molecule has 0 atom stereocenters. The van der Waals surface area contributed by atoms with Gasteiger partial charge in [0.05, 0.1) is 5.69 Å². The minimum atomic E-state index is 0.0298. The predicted molar refractivity (Wildman–Crippen MR) is 70.0 cm³/mol. The van der Waals surface area contributed by atoms with Crippen molar-refractivity contribution in [1.29, 1.82) is 0 Å². The highest BCUT2D eigenvalue weighted by Crippen LogP contribution is 2.19. The van der Waals surface area contributed by atoms with Gasteiger partial charge in [-0.05, 0) is 24.3 Å². The van der Waals surface area contributed by atoms with Gasteiger partial charge in [0.25, 0.3) is 0 Å². The van der Waals surface area contributed by atoms with Crippen molar-refractivity contribution in [2.75, 3.05) is 11.9 Å². The second-order valence-corrected chi connectivity index (χ2v) is 3.99. The quantitative estimate of drug-likeness (QED) is 0.826. The number of aliphatic imine (C=N–C) groups is 1. The fraction of sp³-hybridized carbons (Fsp3) is 0.0714. The summed E-state index contributed by atoms with van der Waals surface area (Å²) < 4.78 is 0. The molecule has 18 heavy (non-hydrogen) atoms. The molecule has 4 heteroatoms. The van der Waals surface area contributed by atoms with E-state index in [-0.39, 0.29) is 12.3 Å². The van der Waals surface area contributed by atoms with Crippen molar-refractivity contribution >= 4 is 17.3 Å². The standard InChI is InChI=1S/C14H11N3O/c18-13-9-16-14(10-5-7-15-8-6-10)17-12-4-2-1-3-11(12)13/h1-8H,9H2,(H,16,17). The van der Waals surface area contributed by atoms with Crippen LogP contribution in [0, 0.1) is 0 Å². The van der Waals surface area contributed by atoms with E-state index in [1.165, 1.54) is 0 Å². The van der Waals surface area contributed by atoms with Crippen LogP contribution in [0.5, 0.6) is 0 Å². The number of benzene rings is 1. The number of pyridine rings is 1. The molecule has 2 aromatic rings. The van der Waals surface area contributed by atoms with E-state index in [0.717, 1.165) is 11.3 Å². The van der Waals surface area contributed by atoms with E-state index in [1.807, 2.05) is 36.4 Å². The number of hydrogen-bond donors (Lipinski definition) is 1. The van der Waals surface area contributed by atoms with Crippen LogP contribution in [0.4, 0.5) is 5.69 Å². The molecule has 0 spiro atoms. The lowest BCUT2D eigenvalue weighted by Gasteiger charge is -2.09. The van der Waals surface area contributed by atoms with Crippen LogP contribution in [0.1, 0.15) is 15.9 Å². The molecule has 0 saturated carbocycles. The Hall–Kier alpha value is -2.49. The summed E-state index contributed by atoms with van der Waals surface area (Å²) in [7, 11) is 0. The van der Waals surface area contributed by atoms with Gasteiger partial charge >= 0.3 is 0 Å². The number of Topliss-reactive ketones (excluding diaryl/α,β-unsaturated/α-hetero) is 1. The highest BCUT2D eigenvalue weighted by molar-refractivity contribution is 6.15. The molecule has 2 heterocycles. The van der Waals surface area contributed by atoms with E-state index in [2.05, 4.69) is 15.3 Å². The first-order chi connectivity index (χ1) is 8.84. The zero-order chi connectivity index (χ0) is 12.4. The summed E-state index contributed by atoms with van der Waals surface area (Å²) in [4.78, 5) is 20.2.